The molecule has 7 heteroatoms. The number of hydrogen-bond donors (Lipinski definition) is 1. The molecule has 0 saturated heterocycles. The molecule has 3 rings (SSSR count). The Labute approximate surface area is 148 Å². The third-order valence-electron chi connectivity index (χ3n) is 5.20. The highest BCUT2D eigenvalue weighted by Gasteiger charge is 2.30. The average molecular weight is 345 g/mol. The summed E-state index contributed by atoms with van der Waals surface area (Å²) in [5, 5.41) is 13.9. The second-order valence-corrected chi connectivity index (χ2v) is 6.85. The minimum absolute atomic E-state index is 0.243. The van der Waals surface area contributed by atoms with Gasteiger partial charge in [0.2, 0.25) is 0 Å². The van der Waals surface area contributed by atoms with Crippen LogP contribution in [0.2, 0.25) is 0 Å². The summed E-state index contributed by atoms with van der Waals surface area (Å²) >= 11 is 0. The smallest absolute Gasteiger partial charge is 0.356 e. The van der Waals surface area contributed by atoms with Crippen molar-refractivity contribution in [3.8, 4) is 0 Å². The van der Waals surface area contributed by atoms with E-state index in [0.717, 1.165) is 62.4 Å². The zero-order valence-electron chi connectivity index (χ0n) is 15.3. The summed E-state index contributed by atoms with van der Waals surface area (Å²) in [7, 11) is 2.12. The third-order valence-corrected chi connectivity index (χ3v) is 5.20. The molecule has 1 aliphatic rings. The zero-order valence-corrected chi connectivity index (χ0v) is 15.3. The van der Waals surface area contributed by atoms with Crippen LogP contribution in [0.5, 0.6) is 0 Å². The zero-order chi connectivity index (χ0) is 18.0. The lowest BCUT2D eigenvalue weighted by Crippen LogP contribution is -2.38. The summed E-state index contributed by atoms with van der Waals surface area (Å²) < 4.78 is 4.05. The van der Waals surface area contributed by atoms with Crippen molar-refractivity contribution >= 4 is 5.97 Å². The quantitative estimate of drug-likeness (QED) is 0.830. The minimum Gasteiger partial charge on any atom is -0.476 e. The molecular formula is C18H27N5O2. The van der Waals surface area contributed by atoms with Crippen molar-refractivity contribution in [2.45, 2.75) is 58.7 Å². The van der Waals surface area contributed by atoms with E-state index in [1.807, 2.05) is 24.0 Å². The normalized spacial score (nSPS) is 17.0. The highest BCUT2D eigenvalue weighted by Crippen LogP contribution is 2.27. The molecule has 0 radical (unpaired) electrons. The van der Waals surface area contributed by atoms with Crippen LogP contribution >= 0.6 is 0 Å². The van der Waals surface area contributed by atoms with E-state index in [-0.39, 0.29) is 5.69 Å². The Morgan fingerprint density at radius 3 is 2.88 bits per heavy atom. The molecule has 0 saturated carbocycles. The van der Waals surface area contributed by atoms with E-state index in [1.54, 1.807) is 0 Å². The molecule has 0 amide bonds. The first kappa shape index (κ1) is 17.7. The highest BCUT2D eigenvalue weighted by molar-refractivity contribution is 5.87. The Hall–Kier alpha value is -2.15. The summed E-state index contributed by atoms with van der Waals surface area (Å²) in [6.45, 7) is 6.70. The number of rotatable bonds is 7. The topological polar surface area (TPSA) is 76.2 Å². The lowest BCUT2D eigenvalue weighted by Gasteiger charge is -2.31. The number of carboxylic acid groups (broad SMARTS) is 1. The molecule has 0 aliphatic heterocycles. The Morgan fingerprint density at radius 2 is 2.24 bits per heavy atom. The van der Waals surface area contributed by atoms with Crippen LogP contribution in [0.1, 0.15) is 47.3 Å². The molecule has 2 aromatic heterocycles. The van der Waals surface area contributed by atoms with Crippen LogP contribution in [-0.2, 0) is 25.9 Å². The van der Waals surface area contributed by atoms with Crippen molar-refractivity contribution in [3.05, 3.63) is 35.2 Å². The minimum atomic E-state index is -0.913. The molecule has 136 valence electrons. The number of aromatic nitrogens is 4. The SMILES string of the molecule is CCCn1nc(C(=O)O)c2c1CC[C@@H](N(C)CCn1ccnc1C)C2. The monoisotopic (exact) mass is 345 g/mol. The number of aromatic carboxylic acids is 1. The fourth-order valence-corrected chi connectivity index (χ4v) is 3.70. The molecule has 2 aromatic rings. The summed E-state index contributed by atoms with van der Waals surface area (Å²) in [4.78, 5) is 18.2. The van der Waals surface area contributed by atoms with Gasteiger partial charge in [0.1, 0.15) is 5.82 Å². The van der Waals surface area contributed by atoms with Gasteiger partial charge in [-0.1, -0.05) is 6.92 Å². The molecule has 0 fully saturated rings. The molecule has 1 aliphatic carbocycles. The van der Waals surface area contributed by atoms with Crippen molar-refractivity contribution in [3.63, 3.8) is 0 Å². The van der Waals surface area contributed by atoms with E-state index in [4.69, 9.17) is 0 Å². The van der Waals surface area contributed by atoms with Gasteiger partial charge in [0, 0.05) is 49.3 Å². The average Bonchev–Trinajstić information content (AvgIpc) is 3.16. The first-order valence-electron chi connectivity index (χ1n) is 9.01. The molecule has 2 heterocycles. The second kappa shape index (κ2) is 7.39. The lowest BCUT2D eigenvalue weighted by atomic mass is 9.90. The number of hydrogen-bond acceptors (Lipinski definition) is 4. The summed E-state index contributed by atoms with van der Waals surface area (Å²) in [6.07, 6.45) is 7.49. The summed E-state index contributed by atoms with van der Waals surface area (Å²) in [6, 6.07) is 0.355. The first-order valence-corrected chi connectivity index (χ1v) is 9.01. The molecule has 1 N–H and O–H groups in total. The van der Waals surface area contributed by atoms with E-state index >= 15 is 0 Å². The van der Waals surface area contributed by atoms with Gasteiger partial charge in [0.05, 0.1) is 0 Å². The number of nitrogens with zero attached hydrogens (tertiary/aromatic N) is 5. The number of fused-ring (bicyclic) bond motifs is 1. The first-order chi connectivity index (χ1) is 12.0. The largest absolute Gasteiger partial charge is 0.476 e. The van der Waals surface area contributed by atoms with Gasteiger partial charge in [0.15, 0.2) is 5.69 Å². The van der Waals surface area contributed by atoms with Gasteiger partial charge in [-0.3, -0.25) is 4.68 Å². The Kier molecular flexibility index (Phi) is 5.22. The Morgan fingerprint density at radius 1 is 1.44 bits per heavy atom. The van der Waals surface area contributed by atoms with Crippen molar-refractivity contribution in [2.75, 3.05) is 13.6 Å². The number of imidazole rings is 1. The maximum absolute atomic E-state index is 11.6. The van der Waals surface area contributed by atoms with Crippen LogP contribution in [0.4, 0.5) is 0 Å². The van der Waals surface area contributed by atoms with Crippen LogP contribution in [0, 0.1) is 6.92 Å². The van der Waals surface area contributed by atoms with Crippen molar-refractivity contribution < 1.29 is 9.90 Å². The number of likely N-dealkylation sites (N-methyl/N-ethyl adjacent to an activating group) is 1. The third kappa shape index (κ3) is 3.61. The van der Waals surface area contributed by atoms with E-state index < -0.39 is 5.97 Å². The fraction of sp³-hybridized carbons (Fsp3) is 0.611. The summed E-state index contributed by atoms with van der Waals surface area (Å²) in [5.41, 5.74) is 2.30. The number of aryl methyl sites for hydroxylation is 2. The Bertz CT molecular complexity index is 749. The molecule has 1 atom stereocenters. The maximum Gasteiger partial charge on any atom is 0.356 e. The van der Waals surface area contributed by atoms with Crippen LogP contribution in [0.15, 0.2) is 12.4 Å². The van der Waals surface area contributed by atoms with Gasteiger partial charge in [-0.2, -0.15) is 5.10 Å². The van der Waals surface area contributed by atoms with Gasteiger partial charge in [0.25, 0.3) is 0 Å². The van der Waals surface area contributed by atoms with Crippen LogP contribution in [0.25, 0.3) is 0 Å². The van der Waals surface area contributed by atoms with Crippen LogP contribution < -0.4 is 0 Å². The maximum atomic E-state index is 11.6. The standard InChI is InChI=1S/C18H27N5O2/c1-4-8-23-16-6-5-14(12-15(16)17(20-23)18(24)25)21(3)10-11-22-9-7-19-13(22)2/h7,9,14H,4-6,8,10-12H2,1-3H3,(H,24,25)/t14-/m1/s1. The van der Waals surface area contributed by atoms with Crippen LogP contribution in [-0.4, -0.2) is 54.9 Å². The molecule has 0 bridgehead atoms. The number of carboxylic acids is 1. The predicted molar refractivity (Wildman–Crippen MR) is 94.9 cm³/mol. The van der Waals surface area contributed by atoms with Gasteiger partial charge in [-0.05, 0) is 39.7 Å². The van der Waals surface area contributed by atoms with Gasteiger partial charge < -0.3 is 14.6 Å². The van der Waals surface area contributed by atoms with Crippen molar-refractivity contribution in [1.82, 2.24) is 24.2 Å². The highest BCUT2D eigenvalue weighted by atomic mass is 16.4. The van der Waals surface area contributed by atoms with Crippen LogP contribution in [0.3, 0.4) is 0 Å². The summed E-state index contributed by atoms with van der Waals surface area (Å²) in [5.74, 6) is 0.108. The molecule has 0 aromatic carbocycles. The van der Waals surface area contributed by atoms with Crippen molar-refractivity contribution in [2.24, 2.45) is 0 Å². The lowest BCUT2D eigenvalue weighted by molar-refractivity contribution is 0.0687. The van der Waals surface area contributed by atoms with Gasteiger partial charge in [-0.15, -0.1) is 0 Å². The fourth-order valence-electron chi connectivity index (χ4n) is 3.70. The Balaban J connectivity index is 1.71. The predicted octanol–water partition coefficient (Wildman–Crippen LogP) is 1.99. The van der Waals surface area contributed by atoms with E-state index in [9.17, 15) is 9.90 Å². The molecule has 0 unspecified atom stereocenters. The molecule has 0 spiro atoms. The van der Waals surface area contributed by atoms with Crippen molar-refractivity contribution in [1.29, 1.82) is 0 Å². The second-order valence-electron chi connectivity index (χ2n) is 6.85. The molecule has 7 nitrogen and oxygen atoms in total. The van der Waals surface area contributed by atoms with E-state index in [1.165, 1.54) is 0 Å². The molecular weight excluding hydrogens is 318 g/mol. The van der Waals surface area contributed by atoms with Gasteiger partial charge in [-0.25, -0.2) is 9.78 Å². The van der Waals surface area contributed by atoms with E-state index in [2.05, 4.69) is 33.5 Å². The van der Waals surface area contributed by atoms with E-state index in [0.29, 0.717) is 6.04 Å². The molecule has 25 heavy (non-hydrogen) atoms. The number of carbonyl (C=O) groups is 1. The van der Waals surface area contributed by atoms with Gasteiger partial charge >= 0.3 is 5.97 Å².